The molecule has 0 spiro atoms. The molecule has 1 rings (SSSR count). The van der Waals surface area contributed by atoms with Crippen LogP contribution in [0.2, 0.25) is 10.0 Å². The second kappa shape index (κ2) is 5.92. The zero-order chi connectivity index (χ0) is 11.4. The molecule has 0 aliphatic heterocycles. The van der Waals surface area contributed by atoms with Gasteiger partial charge < -0.3 is 5.32 Å². The molecule has 0 aromatic carbocycles. The zero-order valence-corrected chi connectivity index (χ0v) is 11.7. The van der Waals surface area contributed by atoms with Crippen molar-refractivity contribution in [1.82, 2.24) is 4.98 Å². The van der Waals surface area contributed by atoms with E-state index in [2.05, 4.69) is 40.1 Å². The Morgan fingerprint density at radius 1 is 1.47 bits per heavy atom. The van der Waals surface area contributed by atoms with E-state index >= 15 is 0 Å². The second-order valence-electron chi connectivity index (χ2n) is 3.55. The first-order valence-electron chi connectivity index (χ1n) is 4.70. The number of pyridine rings is 1. The van der Waals surface area contributed by atoms with Gasteiger partial charge in [-0.25, -0.2) is 4.98 Å². The maximum atomic E-state index is 5.99. The van der Waals surface area contributed by atoms with E-state index in [4.69, 9.17) is 23.2 Å². The van der Waals surface area contributed by atoms with Gasteiger partial charge in [-0.1, -0.05) is 46.1 Å². The molecule has 0 bridgehead atoms. The molecule has 0 saturated carbocycles. The molecule has 1 aromatic rings. The minimum absolute atomic E-state index is 0.311. The van der Waals surface area contributed by atoms with Crippen molar-refractivity contribution in [2.45, 2.75) is 31.1 Å². The molecule has 1 aromatic heterocycles. The quantitative estimate of drug-likeness (QED) is 0.836. The van der Waals surface area contributed by atoms with E-state index in [1.807, 2.05) is 0 Å². The third-order valence-corrected chi connectivity index (χ3v) is 2.74. The van der Waals surface area contributed by atoms with Gasteiger partial charge in [0.1, 0.15) is 5.82 Å². The number of nitrogens with one attached hydrogen (secondary N) is 1. The second-order valence-corrected chi connectivity index (χ2v) is 5.95. The van der Waals surface area contributed by atoms with Gasteiger partial charge in [-0.05, 0) is 19.4 Å². The third kappa shape index (κ3) is 4.58. The predicted molar refractivity (Wildman–Crippen MR) is 70.3 cm³/mol. The minimum Gasteiger partial charge on any atom is -0.366 e. The van der Waals surface area contributed by atoms with Crippen LogP contribution >= 0.6 is 39.1 Å². The lowest BCUT2D eigenvalue weighted by Crippen LogP contribution is -2.19. The highest BCUT2D eigenvalue weighted by Gasteiger charge is 2.09. The average Bonchev–Trinajstić information content (AvgIpc) is 2.08. The highest BCUT2D eigenvalue weighted by molar-refractivity contribution is 9.09. The Labute approximate surface area is 108 Å². The summed E-state index contributed by atoms with van der Waals surface area (Å²) in [4.78, 5) is 4.60. The first kappa shape index (κ1) is 13.1. The molecule has 0 radical (unpaired) electrons. The van der Waals surface area contributed by atoms with Crippen molar-refractivity contribution >= 4 is 44.9 Å². The van der Waals surface area contributed by atoms with Crippen LogP contribution in [0.1, 0.15) is 20.3 Å². The number of hydrogen-bond donors (Lipinski definition) is 1. The molecule has 84 valence electrons. The Balaban J connectivity index is 2.64. The van der Waals surface area contributed by atoms with Gasteiger partial charge in [0.15, 0.2) is 0 Å². The van der Waals surface area contributed by atoms with E-state index < -0.39 is 0 Å². The maximum Gasteiger partial charge on any atom is 0.145 e. The molecule has 0 amide bonds. The Morgan fingerprint density at radius 2 is 2.13 bits per heavy atom. The fourth-order valence-corrected chi connectivity index (χ4v) is 2.30. The van der Waals surface area contributed by atoms with Crippen LogP contribution in [0.5, 0.6) is 0 Å². The summed E-state index contributed by atoms with van der Waals surface area (Å²) >= 11 is 15.2. The van der Waals surface area contributed by atoms with Gasteiger partial charge in [0, 0.05) is 17.1 Å². The molecular weight excluding hydrogens is 299 g/mol. The summed E-state index contributed by atoms with van der Waals surface area (Å²) in [6.45, 7) is 4.19. The van der Waals surface area contributed by atoms with Crippen LogP contribution in [0.4, 0.5) is 5.82 Å². The standard InChI is InChI=1S/C10H13BrCl2N2/c1-6(11)3-7(2)15-10-9(13)4-8(12)5-14-10/h4-7H,3H2,1-2H3,(H,14,15). The molecule has 1 N–H and O–H groups in total. The first-order chi connectivity index (χ1) is 6.99. The smallest absolute Gasteiger partial charge is 0.145 e. The van der Waals surface area contributed by atoms with Crippen LogP contribution in [-0.2, 0) is 0 Å². The monoisotopic (exact) mass is 310 g/mol. The zero-order valence-electron chi connectivity index (χ0n) is 8.60. The summed E-state index contributed by atoms with van der Waals surface area (Å²) in [6.07, 6.45) is 2.58. The van der Waals surface area contributed by atoms with E-state index in [1.165, 1.54) is 0 Å². The van der Waals surface area contributed by atoms with Gasteiger partial charge in [0.2, 0.25) is 0 Å². The number of hydrogen-bond acceptors (Lipinski definition) is 2. The molecule has 2 atom stereocenters. The van der Waals surface area contributed by atoms with Crippen molar-refractivity contribution in [1.29, 1.82) is 0 Å². The molecule has 2 nitrogen and oxygen atoms in total. The van der Waals surface area contributed by atoms with Gasteiger partial charge in [0.05, 0.1) is 10.0 Å². The van der Waals surface area contributed by atoms with Crippen molar-refractivity contribution in [3.63, 3.8) is 0 Å². The van der Waals surface area contributed by atoms with Crippen molar-refractivity contribution in [2.24, 2.45) is 0 Å². The highest BCUT2D eigenvalue weighted by atomic mass is 79.9. The largest absolute Gasteiger partial charge is 0.366 e. The number of alkyl halides is 1. The Hall–Kier alpha value is 0.01000. The SMILES string of the molecule is CC(Br)CC(C)Nc1ncc(Cl)cc1Cl. The molecule has 15 heavy (non-hydrogen) atoms. The molecular formula is C10H13BrCl2N2. The van der Waals surface area contributed by atoms with E-state index in [0.717, 1.165) is 6.42 Å². The van der Waals surface area contributed by atoms with Gasteiger partial charge in [0.25, 0.3) is 0 Å². The van der Waals surface area contributed by atoms with E-state index in [1.54, 1.807) is 12.3 Å². The summed E-state index contributed by atoms with van der Waals surface area (Å²) in [5.74, 6) is 0.682. The Kier molecular flexibility index (Phi) is 5.16. The van der Waals surface area contributed by atoms with Crippen molar-refractivity contribution in [2.75, 3.05) is 5.32 Å². The number of nitrogens with zero attached hydrogens (tertiary/aromatic N) is 1. The fourth-order valence-electron chi connectivity index (χ4n) is 1.30. The normalized spacial score (nSPS) is 14.7. The van der Waals surface area contributed by atoms with Gasteiger partial charge in [-0.3, -0.25) is 0 Å². The number of rotatable bonds is 4. The summed E-state index contributed by atoms with van der Waals surface area (Å²) < 4.78 is 0. The third-order valence-electron chi connectivity index (χ3n) is 1.87. The lowest BCUT2D eigenvalue weighted by Gasteiger charge is -2.16. The van der Waals surface area contributed by atoms with E-state index in [-0.39, 0.29) is 0 Å². The van der Waals surface area contributed by atoms with Crippen molar-refractivity contribution in [3.8, 4) is 0 Å². The summed E-state index contributed by atoms with van der Waals surface area (Å²) in [7, 11) is 0. The van der Waals surface area contributed by atoms with E-state index in [9.17, 15) is 0 Å². The lowest BCUT2D eigenvalue weighted by molar-refractivity contribution is 0.705. The predicted octanol–water partition coefficient (Wildman–Crippen LogP) is 4.36. The first-order valence-corrected chi connectivity index (χ1v) is 6.38. The molecule has 0 saturated heterocycles. The number of halogens is 3. The molecule has 0 aliphatic carbocycles. The van der Waals surface area contributed by atoms with Crippen molar-refractivity contribution in [3.05, 3.63) is 22.3 Å². The maximum absolute atomic E-state index is 5.99. The van der Waals surface area contributed by atoms with Gasteiger partial charge in [-0.15, -0.1) is 0 Å². The Bertz CT molecular complexity index is 331. The van der Waals surface area contributed by atoms with Crippen LogP contribution in [0, 0.1) is 0 Å². The Morgan fingerprint density at radius 3 is 2.67 bits per heavy atom. The minimum atomic E-state index is 0.311. The summed E-state index contributed by atoms with van der Waals surface area (Å²) in [6, 6.07) is 1.99. The van der Waals surface area contributed by atoms with Gasteiger partial charge >= 0.3 is 0 Å². The average molecular weight is 312 g/mol. The van der Waals surface area contributed by atoms with Crippen LogP contribution < -0.4 is 5.32 Å². The molecule has 0 aliphatic rings. The summed E-state index contributed by atoms with van der Waals surface area (Å²) in [5.41, 5.74) is 0. The van der Waals surface area contributed by atoms with Crippen LogP contribution in [0.25, 0.3) is 0 Å². The molecule has 2 unspecified atom stereocenters. The molecule has 0 fully saturated rings. The fraction of sp³-hybridized carbons (Fsp3) is 0.500. The number of anilines is 1. The van der Waals surface area contributed by atoms with Crippen LogP contribution in [0.3, 0.4) is 0 Å². The highest BCUT2D eigenvalue weighted by Crippen LogP contribution is 2.23. The van der Waals surface area contributed by atoms with Crippen LogP contribution in [-0.4, -0.2) is 15.9 Å². The number of aromatic nitrogens is 1. The van der Waals surface area contributed by atoms with E-state index in [0.29, 0.717) is 26.7 Å². The topological polar surface area (TPSA) is 24.9 Å². The van der Waals surface area contributed by atoms with Gasteiger partial charge in [-0.2, -0.15) is 0 Å². The van der Waals surface area contributed by atoms with Crippen LogP contribution in [0.15, 0.2) is 12.3 Å². The molecule has 1 heterocycles. The lowest BCUT2D eigenvalue weighted by atomic mass is 10.2. The summed E-state index contributed by atoms with van der Waals surface area (Å²) in [5, 5.41) is 4.34. The van der Waals surface area contributed by atoms with Crippen molar-refractivity contribution < 1.29 is 0 Å². The molecule has 5 heteroatoms.